The molecule has 0 aromatic heterocycles. The van der Waals surface area contributed by atoms with Gasteiger partial charge in [-0.25, -0.2) is 0 Å². The molecule has 0 radical (unpaired) electrons. The van der Waals surface area contributed by atoms with Crippen LogP contribution in [-0.2, 0) is 0 Å². The molecule has 0 aromatic carbocycles. The Morgan fingerprint density at radius 1 is 0.933 bits per heavy atom. The fraction of sp³-hybridized carbons (Fsp3) is 1.00. The summed E-state index contributed by atoms with van der Waals surface area (Å²) in [6, 6.07) is 1.84. The molecule has 1 saturated heterocycles. The van der Waals surface area contributed by atoms with Gasteiger partial charge in [0, 0.05) is 12.1 Å². The van der Waals surface area contributed by atoms with Gasteiger partial charge in [-0.15, -0.1) is 0 Å². The molecule has 15 heavy (non-hydrogen) atoms. The predicted octanol–water partition coefficient (Wildman–Crippen LogP) is 2.00. The van der Waals surface area contributed by atoms with Crippen molar-refractivity contribution in [3.63, 3.8) is 0 Å². The van der Waals surface area contributed by atoms with Crippen LogP contribution in [0.25, 0.3) is 0 Å². The second-order valence-corrected chi connectivity index (χ2v) is 5.68. The molecule has 2 saturated carbocycles. The van der Waals surface area contributed by atoms with E-state index < -0.39 is 0 Å². The Morgan fingerprint density at radius 3 is 2.33 bits per heavy atom. The fourth-order valence-electron chi connectivity index (χ4n) is 3.13. The summed E-state index contributed by atoms with van der Waals surface area (Å²) in [6.45, 7) is 4.06. The zero-order chi connectivity index (χ0) is 10.1. The second kappa shape index (κ2) is 4.42. The molecule has 0 spiro atoms. The Balaban J connectivity index is 1.43. The Morgan fingerprint density at radius 2 is 1.73 bits per heavy atom. The highest BCUT2D eigenvalue weighted by atomic mass is 15.2. The maximum Gasteiger partial charge on any atom is 0.0136 e. The van der Waals surface area contributed by atoms with E-state index in [1.165, 1.54) is 64.6 Å². The van der Waals surface area contributed by atoms with Crippen molar-refractivity contribution in [2.75, 3.05) is 19.6 Å². The standard InChI is InChI=1S/C13H24N2/c1-2-8-15(9-3-1)13-7-4-11(13)10-14-12-5-6-12/h11-14H,1-10H2. The molecule has 2 nitrogen and oxygen atoms in total. The quantitative estimate of drug-likeness (QED) is 0.760. The average molecular weight is 208 g/mol. The number of hydrogen-bond donors (Lipinski definition) is 1. The van der Waals surface area contributed by atoms with Crippen molar-refractivity contribution in [2.45, 2.75) is 57.0 Å². The van der Waals surface area contributed by atoms with Gasteiger partial charge < -0.3 is 10.2 Å². The topological polar surface area (TPSA) is 15.3 Å². The molecule has 1 aliphatic heterocycles. The molecule has 1 heterocycles. The minimum absolute atomic E-state index is 0.896. The molecule has 2 aliphatic carbocycles. The lowest BCUT2D eigenvalue weighted by Crippen LogP contribution is -2.52. The van der Waals surface area contributed by atoms with Gasteiger partial charge >= 0.3 is 0 Å². The maximum atomic E-state index is 3.70. The lowest BCUT2D eigenvalue weighted by Gasteiger charge is -2.46. The third-order valence-corrected chi connectivity index (χ3v) is 4.48. The van der Waals surface area contributed by atoms with Crippen LogP contribution in [0.1, 0.15) is 44.9 Å². The van der Waals surface area contributed by atoms with Gasteiger partial charge in [0.2, 0.25) is 0 Å². The second-order valence-electron chi connectivity index (χ2n) is 5.68. The Labute approximate surface area is 93.4 Å². The predicted molar refractivity (Wildman–Crippen MR) is 63.0 cm³/mol. The van der Waals surface area contributed by atoms with Crippen LogP contribution in [0.15, 0.2) is 0 Å². The van der Waals surface area contributed by atoms with Crippen LogP contribution in [0.4, 0.5) is 0 Å². The molecule has 3 rings (SSSR count). The van der Waals surface area contributed by atoms with Gasteiger partial charge in [0.1, 0.15) is 0 Å². The van der Waals surface area contributed by atoms with Crippen molar-refractivity contribution in [1.29, 1.82) is 0 Å². The van der Waals surface area contributed by atoms with E-state index in [-0.39, 0.29) is 0 Å². The summed E-state index contributed by atoms with van der Waals surface area (Å²) in [4.78, 5) is 2.77. The number of likely N-dealkylation sites (tertiary alicyclic amines) is 1. The summed E-state index contributed by atoms with van der Waals surface area (Å²) in [5.74, 6) is 0.976. The van der Waals surface area contributed by atoms with E-state index in [0.29, 0.717) is 0 Å². The van der Waals surface area contributed by atoms with Gasteiger partial charge in [-0.2, -0.15) is 0 Å². The van der Waals surface area contributed by atoms with Crippen LogP contribution in [0, 0.1) is 5.92 Å². The first-order chi connectivity index (χ1) is 7.43. The van der Waals surface area contributed by atoms with Crippen LogP contribution in [-0.4, -0.2) is 36.6 Å². The molecule has 0 aromatic rings. The van der Waals surface area contributed by atoms with Gasteiger partial charge in [-0.3, -0.25) is 0 Å². The molecule has 86 valence electrons. The van der Waals surface area contributed by atoms with E-state index in [0.717, 1.165) is 18.0 Å². The van der Waals surface area contributed by atoms with Crippen molar-refractivity contribution in [1.82, 2.24) is 10.2 Å². The minimum atomic E-state index is 0.896. The largest absolute Gasteiger partial charge is 0.314 e. The molecule has 2 atom stereocenters. The lowest BCUT2D eigenvalue weighted by molar-refractivity contribution is 0.0468. The molecular weight excluding hydrogens is 184 g/mol. The highest BCUT2D eigenvalue weighted by Gasteiger charge is 2.36. The Kier molecular flexibility index (Phi) is 2.98. The van der Waals surface area contributed by atoms with Crippen molar-refractivity contribution in [3.8, 4) is 0 Å². The summed E-state index contributed by atoms with van der Waals surface area (Å²) >= 11 is 0. The SMILES string of the molecule is C1CCN(C2CCC2CNC2CC2)CC1. The smallest absolute Gasteiger partial charge is 0.0136 e. The van der Waals surface area contributed by atoms with E-state index in [4.69, 9.17) is 0 Å². The summed E-state index contributed by atoms with van der Waals surface area (Å²) in [6.07, 6.45) is 10.2. The van der Waals surface area contributed by atoms with Crippen molar-refractivity contribution < 1.29 is 0 Å². The summed E-state index contributed by atoms with van der Waals surface area (Å²) < 4.78 is 0. The van der Waals surface area contributed by atoms with Crippen molar-refractivity contribution >= 4 is 0 Å². The third-order valence-electron chi connectivity index (χ3n) is 4.48. The fourth-order valence-corrected chi connectivity index (χ4v) is 3.13. The summed E-state index contributed by atoms with van der Waals surface area (Å²) in [5.41, 5.74) is 0. The van der Waals surface area contributed by atoms with Crippen LogP contribution in [0.5, 0.6) is 0 Å². The molecule has 3 aliphatic rings. The van der Waals surface area contributed by atoms with Gasteiger partial charge in [0.15, 0.2) is 0 Å². The Bertz CT molecular complexity index is 207. The Hall–Kier alpha value is -0.0800. The van der Waals surface area contributed by atoms with Gasteiger partial charge in [0.05, 0.1) is 0 Å². The molecular formula is C13H24N2. The van der Waals surface area contributed by atoms with Gasteiger partial charge in [-0.05, 0) is 64.1 Å². The van der Waals surface area contributed by atoms with E-state index >= 15 is 0 Å². The van der Waals surface area contributed by atoms with Gasteiger partial charge in [0.25, 0.3) is 0 Å². The highest BCUT2D eigenvalue weighted by molar-refractivity contribution is 4.92. The van der Waals surface area contributed by atoms with E-state index in [1.54, 1.807) is 0 Å². The third kappa shape index (κ3) is 2.36. The first-order valence-corrected chi connectivity index (χ1v) is 6.91. The molecule has 0 amide bonds. The zero-order valence-corrected chi connectivity index (χ0v) is 9.75. The number of rotatable bonds is 4. The summed E-state index contributed by atoms with van der Waals surface area (Å²) in [5, 5.41) is 3.70. The van der Waals surface area contributed by atoms with Crippen molar-refractivity contribution in [3.05, 3.63) is 0 Å². The zero-order valence-electron chi connectivity index (χ0n) is 9.75. The number of piperidine rings is 1. The average Bonchev–Trinajstić information content (AvgIpc) is 3.02. The molecule has 0 bridgehead atoms. The number of nitrogens with zero attached hydrogens (tertiary/aromatic N) is 1. The number of nitrogens with one attached hydrogen (secondary N) is 1. The summed E-state index contributed by atoms with van der Waals surface area (Å²) in [7, 11) is 0. The first kappa shape index (κ1) is 10.1. The normalized spacial score (nSPS) is 37.6. The first-order valence-electron chi connectivity index (χ1n) is 6.91. The molecule has 3 fully saturated rings. The van der Waals surface area contributed by atoms with Gasteiger partial charge in [-0.1, -0.05) is 6.42 Å². The molecule has 2 heteroatoms. The van der Waals surface area contributed by atoms with E-state index in [2.05, 4.69) is 10.2 Å². The minimum Gasteiger partial charge on any atom is -0.314 e. The van der Waals surface area contributed by atoms with E-state index in [1.807, 2.05) is 0 Å². The van der Waals surface area contributed by atoms with Crippen LogP contribution in [0.2, 0.25) is 0 Å². The van der Waals surface area contributed by atoms with Crippen molar-refractivity contribution in [2.24, 2.45) is 5.92 Å². The molecule has 2 unspecified atom stereocenters. The van der Waals surface area contributed by atoms with E-state index in [9.17, 15) is 0 Å². The molecule has 1 N–H and O–H groups in total. The van der Waals surface area contributed by atoms with Crippen LogP contribution >= 0.6 is 0 Å². The maximum absolute atomic E-state index is 3.70. The van der Waals surface area contributed by atoms with Crippen LogP contribution in [0.3, 0.4) is 0 Å². The van der Waals surface area contributed by atoms with Crippen LogP contribution < -0.4 is 5.32 Å². The highest BCUT2D eigenvalue weighted by Crippen LogP contribution is 2.34. The number of hydrogen-bond acceptors (Lipinski definition) is 2. The monoisotopic (exact) mass is 208 g/mol. The lowest BCUT2D eigenvalue weighted by atomic mass is 9.77.